The van der Waals surface area contributed by atoms with Gasteiger partial charge in [0, 0.05) is 12.4 Å². The maximum Gasteiger partial charge on any atom is 0.263 e. The maximum atomic E-state index is 11.9. The van der Waals surface area contributed by atoms with E-state index in [0.29, 0.717) is 18.3 Å². The Kier molecular flexibility index (Phi) is 5.92. The summed E-state index contributed by atoms with van der Waals surface area (Å²) in [5.41, 5.74) is 0.815. The molecule has 5 heteroatoms. The molecule has 0 fully saturated rings. The number of nitrogens with zero attached hydrogens (tertiary/aromatic N) is 1. The number of halogens is 1. The lowest BCUT2D eigenvalue weighted by Gasteiger charge is -2.13. The van der Waals surface area contributed by atoms with Crippen molar-refractivity contribution < 1.29 is 4.79 Å². The molecule has 0 aliphatic carbocycles. The van der Waals surface area contributed by atoms with Crippen LogP contribution in [0.4, 0.5) is 0 Å². The minimum Gasteiger partial charge on any atom is -0.351 e. The van der Waals surface area contributed by atoms with Gasteiger partial charge in [-0.05, 0) is 26.2 Å². The minimum absolute atomic E-state index is 0.0128. The molecule has 1 N–H and O–H groups in total. The Morgan fingerprint density at radius 2 is 2.24 bits per heavy atom. The molecule has 0 aliphatic heterocycles. The van der Waals surface area contributed by atoms with Crippen molar-refractivity contribution in [3.05, 3.63) is 15.6 Å². The van der Waals surface area contributed by atoms with Crippen molar-refractivity contribution in [3.8, 4) is 0 Å². The first-order valence-electron chi connectivity index (χ1n) is 5.86. The Bertz CT molecular complexity index is 379. The highest BCUT2D eigenvalue weighted by Gasteiger charge is 2.14. The Morgan fingerprint density at radius 3 is 2.71 bits per heavy atom. The van der Waals surface area contributed by atoms with Crippen LogP contribution in [0.15, 0.2) is 0 Å². The van der Waals surface area contributed by atoms with Gasteiger partial charge >= 0.3 is 0 Å². The van der Waals surface area contributed by atoms with Gasteiger partial charge in [0.05, 0.1) is 10.7 Å². The number of carbonyl (C=O) groups is 1. The average molecular weight is 275 g/mol. The van der Waals surface area contributed by atoms with Crippen LogP contribution in [0.25, 0.3) is 0 Å². The van der Waals surface area contributed by atoms with Crippen LogP contribution < -0.4 is 5.32 Å². The summed E-state index contributed by atoms with van der Waals surface area (Å²) in [4.78, 5) is 16.9. The molecule has 0 radical (unpaired) electrons. The molecule has 0 aromatic carbocycles. The van der Waals surface area contributed by atoms with Gasteiger partial charge in [-0.15, -0.1) is 22.9 Å². The fourth-order valence-corrected chi connectivity index (χ4v) is 2.81. The third-order valence-electron chi connectivity index (χ3n) is 2.76. The van der Waals surface area contributed by atoms with Gasteiger partial charge in [-0.3, -0.25) is 4.79 Å². The number of hydrogen-bond acceptors (Lipinski definition) is 3. The number of thiazole rings is 1. The highest BCUT2D eigenvalue weighted by Crippen LogP contribution is 2.17. The summed E-state index contributed by atoms with van der Waals surface area (Å²) in [5.74, 6) is 1.10. The second-order valence-electron chi connectivity index (χ2n) is 4.11. The van der Waals surface area contributed by atoms with Crippen LogP contribution in [-0.2, 0) is 0 Å². The van der Waals surface area contributed by atoms with Crippen LogP contribution in [0.5, 0.6) is 0 Å². The van der Waals surface area contributed by atoms with E-state index in [-0.39, 0.29) is 5.91 Å². The summed E-state index contributed by atoms with van der Waals surface area (Å²) in [6, 6.07) is 0. The first-order chi connectivity index (χ1) is 8.08. The average Bonchev–Trinajstić information content (AvgIpc) is 2.63. The lowest BCUT2D eigenvalue weighted by Crippen LogP contribution is -2.29. The van der Waals surface area contributed by atoms with Gasteiger partial charge in [0.25, 0.3) is 5.91 Å². The summed E-state index contributed by atoms with van der Waals surface area (Å²) in [6.07, 6.45) is 1.98. The monoisotopic (exact) mass is 274 g/mol. The number of carbonyl (C=O) groups excluding carboxylic acids is 1. The smallest absolute Gasteiger partial charge is 0.263 e. The highest BCUT2D eigenvalue weighted by atomic mass is 35.5. The van der Waals surface area contributed by atoms with Crippen molar-refractivity contribution >= 4 is 28.8 Å². The molecule has 1 aromatic rings. The third kappa shape index (κ3) is 4.28. The topological polar surface area (TPSA) is 42.0 Å². The van der Waals surface area contributed by atoms with Crippen LogP contribution in [-0.4, -0.2) is 23.3 Å². The predicted molar refractivity (Wildman–Crippen MR) is 73.0 cm³/mol. The van der Waals surface area contributed by atoms with E-state index < -0.39 is 0 Å². The van der Waals surface area contributed by atoms with Gasteiger partial charge in [-0.25, -0.2) is 4.98 Å². The molecule has 1 atom stereocenters. The largest absolute Gasteiger partial charge is 0.351 e. The molecule has 0 saturated carbocycles. The summed E-state index contributed by atoms with van der Waals surface area (Å²) >= 11 is 7.16. The molecule has 96 valence electrons. The van der Waals surface area contributed by atoms with Crippen LogP contribution in [0.1, 0.15) is 40.1 Å². The van der Waals surface area contributed by atoms with Crippen molar-refractivity contribution in [1.82, 2.24) is 10.3 Å². The molecule has 0 saturated heterocycles. The molecule has 0 bridgehead atoms. The van der Waals surface area contributed by atoms with E-state index >= 15 is 0 Å². The van der Waals surface area contributed by atoms with Crippen molar-refractivity contribution in [2.75, 3.05) is 12.4 Å². The lowest BCUT2D eigenvalue weighted by molar-refractivity contribution is 0.0949. The number of amides is 1. The van der Waals surface area contributed by atoms with Gasteiger partial charge in [0.15, 0.2) is 0 Å². The fraction of sp³-hybridized carbons (Fsp3) is 0.667. The minimum atomic E-state index is -0.0128. The van der Waals surface area contributed by atoms with E-state index in [1.165, 1.54) is 11.3 Å². The van der Waals surface area contributed by atoms with E-state index in [9.17, 15) is 4.79 Å². The van der Waals surface area contributed by atoms with Gasteiger partial charge in [0.2, 0.25) is 0 Å². The first kappa shape index (κ1) is 14.5. The number of aromatic nitrogens is 1. The van der Waals surface area contributed by atoms with Crippen LogP contribution in [0, 0.1) is 19.8 Å². The molecule has 0 spiro atoms. The van der Waals surface area contributed by atoms with Crippen LogP contribution >= 0.6 is 22.9 Å². The van der Waals surface area contributed by atoms with Crippen molar-refractivity contribution in [2.45, 2.75) is 33.6 Å². The third-order valence-corrected chi connectivity index (χ3v) is 4.05. The Hall–Kier alpha value is -0.610. The molecule has 1 amide bonds. The fourth-order valence-electron chi connectivity index (χ4n) is 1.66. The standard InChI is InChI=1S/C12H19ClN2OS/c1-4-10(5-6-13)7-14-12(16)11-8(2)15-9(3)17-11/h10H,4-7H2,1-3H3,(H,14,16). The molecule has 3 nitrogen and oxygen atoms in total. The lowest BCUT2D eigenvalue weighted by atomic mass is 10.0. The second kappa shape index (κ2) is 6.97. The molecule has 1 heterocycles. The quantitative estimate of drug-likeness (QED) is 0.810. The zero-order valence-electron chi connectivity index (χ0n) is 10.5. The molecule has 17 heavy (non-hydrogen) atoms. The predicted octanol–water partition coefficient (Wildman–Crippen LogP) is 3.14. The van der Waals surface area contributed by atoms with Crippen molar-refractivity contribution in [2.24, 2.45) is 5.92 Å². The normalized spacial score (nSPS) is 12.5. The van der Waals surface area contributed by atoms with E-state index in [1.54, 1.807) is 0 Å². The zero-order valence-corrected chi connectivity index (χ0v) is 12.1. The van der Waals surface area contributed by atoms with Crippen molar-refractivity contribution in [3.63, 3.8) is 0 Å². The van der Waals surface area contributed by atoms with Gasteiger partial charge in [-0.2, -0.15) is 0 Å². The van der Waals surface area contributed by atoms with Crippen LogP contribution in [0.2, 0.25) is 0 Å². The van der Waals surface area contributed by atoms with Gasteiger partial charge < -0.3 is 5.32 Å². The number of rotatable bonds is 6. The van der Waals surface area contributed by atoms with Crippen molar-refractivity contribution in [1.29, 1.82) is 0 Å². The Labute approximate surface area is 112 Å². The first-order valence-corrected chi connectivity index (χ1v) is 7.21. The number of aryl methyl sites for hydroxylation is 2. The van der Waals surface area contributed by atoms with E-state index in [0.717, 1.165) is 28.4 Å². The summed E-state index contributed by atoms with van der Waals surface area (Å²) in [7, 11) is 0. The molecule has 1 unspecified atom stereocenters. The summed E-state index contributed by atoms with van der Waals surface area (Å²) in [5, 5.41) is 3.89. The van der Waals surface area contributed by atoms with Gasteiger partial charge in [-0.1, -0.05) is 13.3 Å². The second-order valence-corrected chi connectivity index (χ2v) is 5.69. The van der Waals surface area contributed by atoms with E-state index in [2.05, 4.69) is 17.2 Å². The SMILES string of the molecule is CCC(CCCl)CNC(=O)c1sc(C)nc1C. The number of nitrogens with one attached hydrogen (secondary N) is 1. The number of alkyl halides is 1. The Balaban J connectivity index is 2.52. The van der Waals surface area contributed by atoms with Gasteiger partial charge in [0.1, 0.15) is 4.88 Å². The molecular weight excluding hydrogens is 256 g/mol. The summed E-state index contributed by atoms with van der Waals surface area (Å²) < 4.78 is 0. The maximum absolute atomic E-state index is 11.9. The molecule has 1 aromatic heterocycles. The summed E-state index contributed by atoms with van der Waals surface area (Å²) in [6.45, 7) is 6.59. The molecule has 1 rings (SSSR count). The molecular formula is C12H19ClN2OS. The van der Waals surface area contributed by atoms with E-state index in [1.807, 2.05) is 13.8 Å². The molecule has 0 aliphatic rings. The number of hydrogen-bond donors (Lipinski definition) is 1. The van der Waals surface area contributed by atoms with Crippen LogP contribution in [0.3, 0.4) is 0 Å². The zero-order chi connectivity index (χ0) is 12.8. The highest BCUT2D eigenvalue weighted by molar-refractivity contribution is 7.13. The van der Waals surface area contributed by atoms with E-state index in [4.69, 9.17) is 11.6 Å². The Morgan fingerprint density at radius 1 is 1.53 bits per heavy atom.